The summed E-state index contributed by atoms with van der Waals surface area (Å²) < 4.78 is 48.6. The van der Waals surface area contributed by atoms with Crippen LogP contribution in [0.4, 0.5) is 13.2 Å². The van der Waals surface area contributed by atoms with Crippen molar-refractivity contribution in [2.75, 3.05) is 6.61 Å². The Morgan fingerprint density at radius 2 is 2.14 bits per heavy atom. The van der Waals surface area contributed by atoms with Gasteiger partial charge in [-0.3, -0.25) is 0 Å². The van der Waals surface area contributed by atoms with Crippen molar-refractivity contribution in [2.45, 2.75) is 13.1 Å². The van der Waals surface area contributed by atoms with Crippen LogP contribution in [-0.4, -0.2) is 22.7 Å². The van der Waals surface area contributed by atoms with Gasteiger partial charge in [0.15, 0.2) is 0 Å². The average molecular weight is 365 g/mol. The first-order chi connectivity index (χ1) is 9.82. The molecule has 5 nitrogen and oxygen atoms in total. The summed E-state index contributed by atoms with van der Waals surface area (Å²) in [7, 11) is 0. The van der Waals surface area contributed by atoms with Crippen molar-refractivity contribution >= 4 is 21.9 Å². The molecule has 2 rings (SSSR count). The highest BCUT2D eigenvalue weighted by Crippen LogP contribution is 2.38. The molecule has 0 spiro atoms. The molecule has 1 heterocycles. The van der Waals surface area contributed by atoms with Gasteiger partial charge in [0.2, 0.25) is 0 Å². The summed E-state index contributed by atoms with van der Waals surface area (Å²) in [4.78, 5) is 15.0. The van der Waals surface area contributed by atoms with Crippen molar-refractivity contribution in [1.82, 2.24) is 10.1 Å². The van der Waals surface area contributed by atoms with Crippen LogP contribution in [-0.2, 0) is 10.9 Å². The van der Waals surface area contributed by atoms with Crippen molar-refractivity contribution in [1.29, 1.82) is 0 Å². The Labute approximate surface area is 125 Å². The topological polar surface area (TPSA) is 65.2 Å². The van der Waals surface area contributed by atoms with Gasteiger partial charge in [-0.2, -0.15) is 18.2 Å². The third kappa shape index (κ3) is 3.41. The number of esters is 1. The lowest BCUT2D eigenvalue weighted by Gasteiger charge is -2.10. The molecular formula is C12H8BrF3N2O3. The van der Waals surface area contributed by atoms with Gasteiger partial charge in [-0.15, -0.1) is 0 Å². The Kier molecular flexibility index (Phi) is 4.31. The van der Waals surface area contributed by atoms with Crippen LogP contribution >= 0.6 is 15.9 Å². The van der Waals surface area contributed by atoms with Crippen LogP contribution in [0.2, 0.25) is 0 Å². The standard InChI is InChI=1S/C12H8BrF3N2O3/c1-2-20-11(19)9-17-10(21-18-9)7-4-3-6(13)5-8(7)12(14,15)16/h3-5H,2H2,1H3. The van der Waals surface area contributed by atoms with E-state index in [0.717, 1.165) is 6.07 Å². The summed E-state index contributed by atoms with van der Waals surface area (Å²) in [6, 6.07) is 3.47. The summed E-state index contributed by atoms with van der Waals surface area (Å²) in [6.07, 6.45) is -4.60. The number of ether oxygens (including phenoxy) is 1. The highest BCUT2D eigenvalue weighted by atomic mass is 79.9. The normalized spacial score (nSPS) is 11.5. The Morgan fingerprint density at radius 3 is 2.76 bits per heavy atom. The van der Waals surface area contributed by atoms with Crippen LogP contribution in [0.1, 0.15) is 23.1 Å². The number of rotatable bonds is 3. The Bertz CT molecular complexity index is 670. The second-order valence-electron chi connectivity index (χ2n) is 3.83. The van der Waals surface area contributed by atoms with Crippen LogP contribution in [0.15, 0.2) is 27.2 Å². The van der Waals surface area contributed by atoms with Crippen LogP contribution in [0.3, 0.4) is 0 Å². The zero-order valence-corrected chi connectivity index (χ0v) is 12.2. The molecule has 0 bridgehead atoms. The van der Waals surface area contributed by atoms with E-state index in [-0.39, 0.29) is 16.6 Å². The largest absolute Gasteiger partial charge is 0.460 e. The van der Waals surface area contributed by atoms with E-state index in [2.05, 4.69) is 30.8 Å². The molecule has 0 saturated heterocycles. The lowest BCUT2D eigenvalue weighted by Crippen LogP contribution is -2.08. The van der Waals surface area contributed by atoms with Gasteiger partial charge in [0, 0.05) is 4.47 Å². The third-order valence-corrected chi connectivity index (χ3v) is 2.89. The number of carbonyl (C=O) groups is 1. The molecule has 2 aromatic rings. The van der Waals surface area contributed by atoms with E-state index in [9.17, 15) is 18.0 Å². The molecule has 1 aromatic carbocycles. The fraction of sp³-hybridized carbons (Fsp3) is 0.250. The highest BCUT2D eigenvalue weighted by molar-refractivity contribution is 9.10. The van der Waals surface area contributed by atoms with E-state index in [1.54, 1.807) is 6.92 Å². The summed E-state index contributed by atoms with van der Waals surface area (Å²) in [5, 5.41) is 3.32. The second kappa shape index (κ2) is 5.84. The summed E-state index contributed by atoms with van der Waals surface area (Å²) in [5.74, 6) is -1.70. The number of alkyl halides is 3. The molecule has 0 radical (unpaired) electrons. The lowest BCUT2D eigenvalue weighted by atomic mass is 10.1. The van der Waals surface area contributed by atoms with Gasteiger partial charge in [0.05, 0.1) is 17.7 Å². The van der Waals surface area contributed by atoms with Gasteiger partial charge in [-0.05, 0) is 30.3 Å². The Balaban J connectivity index is 2.46. The van der Waals surface area contributed by atoms with E-state index < -0.39 is 29.4 Å². The minimum absolute atomic E-state index is 0.0921. The van der Waals surface area contributed by atoms with Gasteiger partial charge in [0.1, 0.15) is 0 Å². The van der Waals surface area contributed by atoms with Crippen molar-refractivity contribution in [3.63, 3.8) is 0 Å². The van der Waals surface area contributed by atoms with Crippen LogP contribution < -0.4 is 0 Å². The Hall–Kier alpha value is -1.90. The van der Waals surface area contributed by atoms with E-state index in [4.69, 9.17) is 4.52 Å². The molecule has 0 unspecified atom stereocenters. The predicted octanol–water partition coefficient (Wildman–Crippen LogP) is 3.69. The fourth-order valence-electron chi connectivity index (χ4n) is 1.55. The summed E-state index contributed by atoms with van der Waals surface area (Å²) >= 11 is 2.97. The number of nitrogens with zero attached hydrogens (tertiary/aromatic N) is 2. The maximum absolute atomic E-state index is 13.0. The summed E-state index contributed by atoms with van der Waals surface area (Å²) in [6.45, 7) is 1.67. The number of aromatic nitrogens is 2. The number of halogens is 4. The quantitative estimate of drug-likeness (QED) is 0.777. The van der Waals surface area contributed by atoms with Crippen LogP contribution in [0.25, 0.3) is 11.5 Å². The van der Waals surface area contributed by atoms with E-state index in [1.165, 1.54) is 12.1 Å². The predicted molar refractivity (Wildman–Crippen MR) is 68.4 cm³/mol. The molecule has 0 amide bonds. The minimum Gasteiger partial charge on any atom is -0.460 e. The van der Waals surface area contributed by atoms with Crippen molar-refractivity contribution in [3.05, 3.63) is 34.1 Å². The van der Waals surface area contributed by atoms with E-state index in [1.807, 2.05) is 0 Å². The van der Waals surface area contributed by atoms with Crippen molar-refractivity contribution in [2.24, 2.45) is 0 Å². The first kappa shape index (κ1) is 15.5. The molecule has 21 heavy (non-hydrogen) atoms. The van der Waals surface area contributed by atoms with Gasteiger partial charge in [0.25, 0.3) is 11.7 Å². The molecule has 0 fully saturated rings. The van der Waals surface area contributed by atoms with Crippen LogP contribution in [0, 0.1) is 0 Å². The number of benzene rings is 1. The van der Waals surface area contributed by atoms with Gasteiger partial charge < -0.3 is 9.26 Å². The van der Waals surface area contributed by atoms with Gasteiger partial charge in [-0.1, -0.05) is 15.9 Å². The molecule has 112 valence electrons. The summed E-state index contributed by atoms with van der Waals surface area (Å²) in [5.41, 5.74) is -1.26. The molecule has 9 heteroatoms. The number of hydrogen-bond donors (Lipinski definition) is 0. The molecular weight excluding hydrogens is 357 g/mol. The molecule has 0 atom stereocenters. The Morgan fingerprint density at radius 1 is 1.43 bits per heavy atom. The average Bonchev–Trinajstić information content (AvgIpc) is 2.87. The zero-order chi connectivity index (χ0) is 15.6. The lowest BCUT2D eigenvalue weighted by molar-refractivity contribution is -0.137. The number of hydrogen-bond acceptors (Lipinski definition) is 5. The fourth-order valence-corrected chi connectivity index (χ4v) is 1.91. The monoisotopic (exact) mass is 364 g/mol. The van der Waals surface area contributed by atoms with Crippen molar-refractivity contribution in [3.8, 4) is 11.5 Å². The molecule has 1 aromatic heterocycles. The maximum Gasteiger partial charge on any atom is 0.417 e. The maximum atomic E-state index is 13.0. The second-order valence-corrected chi connectivity index (χ2v) is 4.75. The first-order valence-corrected chi connectivity index (χ1v) is 6.50. The molecule has 0 N–H and O–H groups in total. The van der Waals surface area contributed by atoms with Crippen LogP contribution in [0.5, 0.6) is 0 Å². The molecule has 0 saturated carbocycles. The third-order valence-electron chi connectivity index (χ3n) is 2.40. The minimum atomic E-state index is -4.60. The molecule has 0 aliphatic carbocycles. The van der Waals surface area contributed by atoms with Gasteiger partial charge in [-0.25, -0.2) is 4.79 Å². The number of carbonyl (C=O) groups excluding carboxylic acids is 1. The first-order valence-electron chi connectivity index (χ1n) is 5.71. The zero-order valence-electron chi connectivity index (χ0n) is 10.6. The van der Waals surface area contributed by atoms with E-state index in [0.29, 0.717) is 0 Å². The highest BCUT2D eigenvalue weighted by Gasteiger charge is 2.35. The molecule has 0 aliphatic rings. The smallest absolute Gasteiger partial charge is 0.417 e. The van der Waals surface area contributed by atoms with E-state index >= 15 is 0 Å². The SMILES string of the molecule is CCOC(=O)c1noc(-c2ccc(Br)cc2C(F)(F)F)n1. The van der Waals surface area contributed by atoms with Crippen molar-refractivity contribution < 1.29 is 27.2 Å². The van der Waals surface area contributed by atoms with Gasteiger partial charge >= 0.3 is 12.1 Å². The molecule has 0 aliphatic heterocycles.